The number of amides is 1. The average Bonchev–Trinajstić information content (AvgIpc) is 3.39. The van der Waals surface area contributed by atoms with Crippen molar-refractivity contribution < 1.29 is 4.79 Å². The maximum atomic E-state index is 12.9. The molecule has 3 aliphatic rings. The van der Waals surface area contributed by atoms with Gasteiger partial charge < -0.3 is 5.32 Å². The van der Waals surface area contributed by atoms with Gasteiger partial charge in [0.15, 0.2) is 0 Å². The number of benzene rings is 2. The Kier molecular flexibility index (Phi) is 5.41. The Bertz CT molecular complexity index is 1150. The van der Waals surface area contributed by atoms with Gasteiger partial charge in [0.2, 0.25) is 0 Å². The van der Waals surface area contributed by atoms with E-state index in [9.17, 15) is 4.79 Å². The van der Waals surface area contributed by atoms with Crippen molar-refractivity contribution >= 4 is 16.8 Å². The Hall–Kier alpha value is -2.72. The van der Waals surface area contributed by atoms with Crippen LogP contribution in [0.3, 0.4) is 0 Å². The molecule has 33 heavy (non-hydrogen) atoms. The van der Waals surface area contributed by atoms with E-state index < -0.39 is 0 Å². The van der Waals surface area contributed by atoms with Crippen molar-refractivity contribution in [1.82, 2.24) is 15.2 Å². The first-order valence-corrected chi connectivity index (χ1v) is 12.7. The molecule has 6 rings (SSSR count). The summed E-state index contributed by atoms with van der Waals surface area (Å²) in [5, 5.41) is 4.17. The summed E-state index contributed by atoms with van der Waals surface area (Å²) >= 11 is 0. The summed E-state index contributed by atoms with van der Waals surface area (Å²) in [7, 11) is 0. The minimum atomic E-state index is 0.0292. The van der Waals surface area contributed by atoms with E-state index in [1.165, 1.54) is 45.1 Å². The molecule has 2 aromatic carbocycles. The van der Waals surface area contributed by atoms with Crippen molar-refractivity contribution in [3.05, 3.63) is 77.0 Å². The third-order valence-corrected chi connectivity index (χ3v) is 8.43. The van der Waals surface area contributed by atoms with Crippen molar-refractivity contribution in [2.75, 3.05) is 13.1 Å². The third-order valence-electron chi connectivity index (χ3n) is 8.43. The van der Waals surface area contributed by atoms with Gasteiger partial charge in [0.25, 0.3) is 5.91 Å². The zero-order valence-corrected chi connectivity index (χ0v) is 19.5. The van der Waals surface area contributed by atoms with Gasteiger partial charge in [0, 0.05) is 42.3 Å². The second-order valence-electron chi connectivity index (χ2n) is 10.4. The van der Waals surface area contributed by atoms with Crippen LogP contribution < -0.4 is 5.32 Å². The number of nitrogens with zero attached hydrogens (tertiary/aromatic N) is 2. The maximum absolute atomic E-state index is 12.9. The fourth-order valence-electron chi connectivity index (χ4n) is 6.67. The van der Waals surface area contributed by atoms with E-state index in [0.717, 1.165) is 34.5 Å². The average molecular weight is 440 g/mol. The topological polar surface area (TPSA) is 45.2 Å². The molecule has 1 aromatic heterocycles. The molecule has 3 aromatic rings. The molecule has 2 fully saturated rings. The Morgan fingerprint density at radius 2 is 1.61 bits per heavy atom. The Morgan fingerprint density at radius 3 is 2.33 bits per heavy atom. The Morgan fingerprint density at radius 1 is 0.909 bits per heavy atom. The van der Waals surface area contributed by atoms with Gasteiger partial charge in [-0.2, -0.15) is 0 Å². The molecule has 170 valence electrons. The third kappa shape index (κ3) is 3.74. The molecule has 4 heteroatoms. The number of fused-ring (bicyclic) bond motifs is 6. The lowest BCUT2D eigenvalue weighted by atomic mass is 9.81. The largest absolute Gasteiger partial charge is 0.352 e. The van der Waals surface area contributed by atoms with Crippen LogP contribution >= 0.6 is 0 Å². The van der Waals surface area contributed by atoms with E-state index in [1.807, 2.05) is 31.2 Å². The highest BCUT2D eigenvalue weighted by atomic mass is 16.1. The summed E-state index contributed by atoms with van der Waals surface area (Å²) in [6.45, 7) is 4.06. The highest BCUT2D eigenvalue weighted by Gasteiger charge is 2.44. The van der Waals surface area contributed by atoms with Crippen LogP contribution in [0.4, 0.5) is 0 Å². The lowest BCUT2D eigenvalue weighted by molar-refractivity contribution is 0.0938. The number of aryl methyl sites for hydroxylation is 1. The molecule has 2 atom stereocenters. The van der Waals surface area contributed by atoms with Crippen LogP contribution in [0.25, 0.3) is 10.9 Å². The quantitative estimate of drug-likeness (QED) is 0.533. The Labute approximate surface area is 196 Å². The lowest BCUT2D eigenvalue weighted by Gasteiger charge is -2.33. The number of hydrogen-bond donors (Lipinski definition) is 1. The molecule has 1 N–H and O–H groups in total. The fraction of sp³-hybridized carbons (Fsp3) is 0.448. The van der Waals surface area contributed by atoms with Crippen molar-refractivity contribution in [2.45, 2.75) is 57.5 Å². The van der Waals surface area contributed by atoms with Crippen molar-refractivity contribution in [3.63, 3.8) is 0 Å². The van der Waals surface area contributed by atoms with Gasteiger partial charge in [0.1, 0.15) is 0 Å². The zero-order chi connectivity index (χ0) is 22.4. The second kappa shape index (κ2) is 8.57. The van der Waals surface area contributed by atoms with Crippen LogP contribution in [0.5, 0.6) is 0 Å². The highest BCUT2D eigenvalue weighted by molar-refractivity contribution is 6.06. The van der Waals surface area contributed by atoms with Crippen molar-refractivity contribution in [2.24, 2.45) is 11.8 Å². The second-order valence-corrected chi connectivity index (χ2v) is 10.4. The first-order chi connectivity index (χ1) is 16.2. The van der Waals surface area contributed by atoms with Gasteiger partial charge in [0.05, 0.1) is 5.52 Å². The summed E-state index contributed by atoms with van der Waals surface area (Å²) in [6, 6.07) is 18.2. The summed E-state index contributed by atoms with van der Waals surface area (Å²) < 4.78 is 0. The number of nitrogens with one attached hydrogen (secondary N) is 1. The maximum Gasteiger partial charge on any atom is 0.251 e. The van der Waals surface area contributed by atoms with Crippen LogP contribution in [-0.2, 0) is 0 Å². The molecule has 2 bridgehead atoms. The van der Waals surface area contributed by atoms with Crippen LogP contribution in [0.2, 0.25) is 0 Å². The van der Waals surface area contributed by atoms with Crippen LogP contribution in [0.1, 0.15) is 77.7 Å². The molecule has 1 saturated carbocycles. The monoisotopic (exact) mass is 439 g/mol. The molecule has 2 aliphatic heterocycles. The minimum Gasteiger partial charge on any atom is -0.352 e. The number of rotatable bonds is 5. The van der Waals surface area contributed by atoms with E-state index in [1.54, 1.807) is 17.3 Å². The number of hydrogen-bond acceptors (Lipinski definition) is 3. The number of pyridine rings is 1. The van der Waals surface area contributed by atoms with E-state index in [4.69, 9.17) is 0 Å². The smallest absolute Gasteiger partial charge is 0.251 e. The van der Waals surface area contributed by atoms with E-state index in [2.05, 4.69) is 39.5 Å². The number of carbonyl (C=O) groups excluding carboxylic acids is 1. The van der Waals surface area contributed by atoms with E-state index >= 15 is 0 Å². The van der Waals surface area contributed by atoms with Crippen LogP contribution in [-0.4, -0.2) is 28.9 Å². The first kappa shape index (κ1) is 20.9. The molecule has 1 amide bonds. The van der Waals surface area contributed by atoms with Crippen molar-refractivity contribution in [1.29, 1.82) is 0 Å². The van der Waals surface area contributed by atoms with Crippen molar-refractivity contribution in [3.8, 4) is 0 Å². The van der Waals surface area contributed by atoms with Gasteiger partial charge in [-0.1, -0.05) is 36.4 Å². The standard InChI is InChI=1S/C29H33N3O/c1-19-8-13-25(24-7-4-16-30-28(19)24)29(33)31-17-20-9-11-21(12-10-20)18-32-26-14-15-27(32)23-6-3-2-5-22(23)26/h2-8,13,16,20-21,26-27H,9-12,14-15,17-18H2,1H3,(H,31,33). The van der Waals surface area contributed by atoms with Gasteiger partial charge in [-0.15, -0.1) is 0 Å². The molecular weight excluding hydrogens is 406 g/mol. The molecule has 0 radical (unpaired) electrons. The SMILES string of the molecule is Cc1ccc(C(=O)NCC2CCC(CN3C4CCC3c3ccccc34)CC2)c2cccnc12. The van der Waals surface area contributed by atoms with Gasteiger partial charge in [-0.25, -0.2) is 0 Å². The molecule has 1 aliphatic carbocycles. The highest BCUT2D eigenvalue weighted by Crippen LogP contribution is 2.53. The van der Waals surface area contributed by atoms with Gasteiger partial charge in [-0.3, -0.25) is 14.7 Å². The van der Waals surface area contributed by atoms with E-state index in [0.29, 0.717) is 18.0 Å². The van der Waals surface area contributed by atoms with Crippen LogP contribution in [0.15, 0.2) is 54.7 Å². The van der Waals surface area contributed by atoms with E-state index in [-0.39, 0.29) is 5.91 Å². The normalized spacial score (nSPS) is 26.5. The zero-order valence-electron chi connectivity index (χ0n) is 19.5. The Balaban J connectivity index is 1.03. The number of carbonyl (C=O) groups is 1. The number of aromatic nitrogens is 1. The summed E-state index contributed by atoms with van der Waals surface area (Å²) in [5.74, 6) is 1.41. The fourth-order valence-corrected chi connectivity index (χ4v) is 6.67. The molecular formula is C29H33N3O. The predicted molar refractivity (Wildman–Crippen MR) is 132 cm³/mol. The van der Waals surface area contributed by atoms with Gasteiger partial charge >= 0.3 is 0 Å². The predicted octanol–water partition coefficient (Wildman–Crippen LogP) is 5.97. The molecule has 1 saturated heterocycles. The molecule has 4 nitrogen and oxygen atoms in total. The first-order valence-electron chi connectivity index (χ1n) is 12.7. The molecule has 0 spiro atoms. The molecule has 3 heterocycles. The van der Waals surface area contributed by atoms with Crippen LogP contribution in [0, 0.1) is 18.8 Å². The molecule has 2 unspecified atom stereocenters. The lowest BCUT2D eigenvalue weighted by Crippen LogP contribution is -2.34. The summed E-state index contributed by atoms with van der Waals surface area (Å²) in [4.78, 5) is 20.2. The summed E-state index contributed by atoms with van der Waals surface area (Å²) in [5.41, 5.74) is 5.94. The summed E-state index contributed by atoms with van der Waals surface area (Å²) in [6.07, 6.45) is 9.45. The minimum absolute atomic E-state index is 0.0292. The van der Waals surface area contributed by atoms with Gasteiger partial charge in [-0.05, 0) is 86.1 Å².